The van der Waals surface area contributed by atoms with E-state index in [0.29, 0.717) is 5.82 Å². The molecule has 0 spiro atoms. The standard InChI is InChI=1S/C9H14N4O3S/c1-6(9(10)14)13-17(15,16)7-3-4-8(11-2)12-5-7/h3-6,13H,1-2H3,(H2,10,14)(H,11,12). The maximum Gasteiger partial charge on any atom is 0.242 e. The van der Waals surface area contributed by atoms with Gasteiger partial charge in [-0.05, 0) is 19.1 Å². The molecule has 1 heterocycles. The van der Waals surface area contributed by atoms with Crippen LogP contribution in [-0.4, -0.2) is 32.4 Å². The molecule has 4 N–H and O–H groups in total. The summed E-state index contributed by atoms with van der Waals surface area (Å²) in [6.45, 7) is 1.37. The van der Waals surface area contributed by atoms with Crippen LogP contribution in [0.25, 0.3) is 0 Å². The zero-order valence-electron chi connectivity index (χ0n) is 9.47. The van der Waals surface area contributed by atoms with Crippen molar-refractivity contribution in [1.29, 1.82) is 0 Å². The summed E-state index contributed by atoms with van der Waals surface area (Å²) < 4.78 is 25.7. The van der Waals surface area contributed by atoms with Crippen molar-refractivity contribution in [1.82, 2.24) is 9.71 Å². The highest BCUT2D eigenvalue weighted by Crippen LogP contribution is 2.10. The fourth-order valence-electron chi connectivity index (χ4n) is 1.05. The van der Waals surface area contributed by atoms with Crippen molar-refractivity contribution in [2.75, 3.05) is 12.4 Å². The molecule has 1 amide bonds. The number of sulfonamides is 1. The normalized spacial score (nSPS) is 13.1. The van der Waals surface area contributed by atoms with Crippen LogP contribution in [0.2, 0.25) is 0 Å². The third kappa shape index (κ3) is 3.40. The number of primary amides is 1. The fourth-order valence-corrected chi connectivity index (χ4v) is 2.20. The largest absolute Gasteiger partial charge is 0.373 e. The molecule has 1 unspecified atom stereocenters. The Bertz CT molecular complexity index is 497. The van der Waals surface area contributed by atoms with Crippen molar-refractivity contribution in [2.24, 2.45) is 5.73 Å². The first-order chi connectivity index (χ1) is 7.86. The van der Waals surface area contributed by atoms with Crippen LogP contribution in [-0.2, 0) is 14.8 Å². The number of nitrogens with one attached hydrogen (secondary N) is 2. The third-order valence-corrected chi connectivity index (χ3v) is 3.59. The molecule has 17 heavy (non-hydrogen) atoms. The lowest BCUT2D eigenvalue weighted by atomic mass is 10.4. The first kappa shape index (κ1) is 13.4. The van der Waals surface area contributed by atoms with E-state index in [1.54, 1.807) is 7.05 Å². The maximum atomic E-state index is 11.8. The van der Waals surface area contributed by atoms with Crippen LogP contribution >= 0.6 is 0 Å². The molecule has 0 aliphatic rings. The summed E-state index contributed by atoms with van der Waals surface area (Å²) in [6.07, 6.45) is 1.20. The molecule has 0 saturated heterocycles. The van der Waals surface area contributed by atoms with Crippen LogP contribution in [0.15, 0.2) is 23.2 Å². The molecule has 7 nitrogen and oxygen atoms in total. The molecule has 1 aromatic rings. The number of rotatable bonds is 5. The second kappa shape index (κ2) is 5.11. The smallest absolute Gasteiger partial charge is 0.242 e. The average molecular weight is 258 g/mol. The quantitative estimate of drug-likeness (QED) is 0.644. The minimum absolute atomic E-state index is 0.0235. The van der Waals surface area contributed by atoms with Gasteiger partial charge in [0.25, 0.3) is 0 Å². The molecule has 0 radical (unpaired) electrons. The number of pyridine rings is 1. The number of anilines is 1. The highest BCUT2D eigenvalue weighted by Gasteiger charge is 2.20. The van der Waals surface area contributed by atoms with E-state index in [1.165, 1.54) is 25.3 Å². The number of aromatic nitrogens is 1. The Morgan fingerprint density at radius 2 is 2.12 bits per heavy atom. The predicted octanol–water partition coefficient (Wildman–Crippen LogP) is -0.725. The van der Waals surface area contributed by atoms with Gasteiger partial charge in [0, 0.05) is 13.2 Å². The second-order valence-corrected chi connectivity index (χ2v) is 5.09. The molecule has 0 aromatic carbocycles. The monoisotopic (exact) mass is 258 g/mol. The van der Waals surface area contributed by atoms with E-state index in [9.17, 15) is 13.2 Å². The number of nitrogens with two attached hydrogens (primary N) is 1. The first-order valence-corrected chi connectivity index (χ1v) is 6.30. The number of amides is 1. The van der Waals surface area contributed by atoms with E-state index < -0.39 is 22.0 Å². The highest BCUT2D eigenvalue weighted by atomic mass is 32.2. The van der Waals surface area contributed by atoms with Gasteiger partial charge < -0.3 is 11.1 Å². The minimum atomic E-state index is -3.77. The summed E-state index contributed by atoms with van der Waals surface area (Å²) in [5, 5.41) is 2.76. The Kier molecular flexibility index (Phi) is 4.02. The molecule has 94 valence electrons. The van der Waals surface area contributed by atoms with E-state index in [0.717, 1.165) is 0 Å². The molecule has 0 aliphatic carbocycles. The van der Waals surface area contributed by atoms with Crippen molar-refractivity contribution >= 4 is 21.7 Å². The zero-order valence-corrected chi connectivity index (χ0v) is 10.3. The molecular weight excluding hydrogens is 244 g/mol. The molecule has 0 fully saturated rings. The number of carbonyl (C=O) groups is 1. The van der Waals surface area contributed by atoms with E-state index in [-0.39, 0.29) is 4.90 Å². The second-order valence-electron chi connectivity index (χ2n) is 3.37. The molecule has 0 bridgehead atoms. The SMILES string of the molecule is CNc1ccc(S(=O)(=O)NC(C)C(N)=O)cn1. The maximum absolute atomic E-state index is 11.8. The molecule has 0 saturated carbocycles. The number of nitrogens with zero attached hydrogens (tertiary/aromatic N) is 1. The van der Waals surface area contributed by atoms with Gasteiger partial charge in [0.2, 0.25) is 15.9 Å². The first-order valence-electron chi connectivity index (χ1n) is 4.82. The summed E-state index contributed by atoms with van der Waals surface area (Å²) in [7, 11) is -2.10. The Hall–Kier alpha value is -1.67. The van der Waals surface area contributed by atoms with E-state index in [1.807, 2.05) is 0 Å². The summed E-state index contributed by atoms with van der Waals surface area (Å²) in [4.78, 5) is 14.6. The Morgan fingerprint density at radius 1 is 1.47 bits per heavy atom. The molecular formula is C9H14N4O3S. The van der Waals surface area contributed by atoms with Gasteiger partial charge >= 0.3 is 0 Å². The Labute approximate surface area is 99.5 Å². The Morgan fingerprint density at radius 3 is 2.53 bits per heavy atom. The van der Waals surface area contributed by atoms with Gasteiger partial charge in [-0.1, -0.05) is 0 Å². The fraction of sp³-hybridized carbons (Fsp3) is 0.333. The molecule has 8 heteroatoms. The van der Waals surface area contributed by atoms with E-state index in [2.05, 4.69) is 15.0 Å². The average Bonchev–Trinajstić information content (AvgIpc) is 2.28. The summed E-state index contributed by atoms with van der Waals surface area (Å²) in [5.74, 6) is -0.194. The lowest BCUT2D eigenvalue weighted by molar-refractivity contribution is -0.119. The topological polar surface area (TPSA) is 114 Å². The van der Waals surface area contributed by atoms with Crippen molar-refractivity contribution < 1.29 is 13.2 Å². The van der Waals surface area contributed by atoms with Gasteiger partial charge in [-0.25, -0.2) is 13.4 Å². The predicted molar refractivity (Wildman–Crippen MR) is 62.8 cm³/mol. The van der Waals surface area contributed by atoms with Crippen LogP contribution in [0.3, 0.4) is 0 Å². The van der Waals surface area contributed by atoms with Gasteiger partial charge in [0.05, 0.1) is 6.04 Å². The zero-order chi connectivity index (χ0) is 13.1. The van der Waals surface area contributed by atoms with Crippen LogP contribution in [0.5, 0.6) is 0 Å². The van der Waals surface area contributed by atoms with E-state index in [4.69, 9.17) is 5.73 Å². The number of hydrogen-bond donors (Lipinski definition) is 3. The summed E-state index contributed by atoms with van der Waals surface area (Å²) >= 11 is 0. The van der Waals surface area contributed by atoms with Gasteiger partial charge in [-0.3, -0.25) is 4.79 Å². The third-order valence-electron chi connectivity index (χ3n) is 2.06. The van der Waals surface area contributed by atoms with Crippen molar-refractivity contribution in [3.63, 3.8) is 0 Å². The van der Waals surface area contributed by atoms with Gasteiger partial charge in [0.15, 0.2) is 0 Å². The lowest BCUT2D eigenvalue weighted by Gasteiger charge is -2.10. The number of carbonyl (C=O) groups excluding carboxylic acids is 1. The van der Waals surface area contributed by atoms with Gasteiger partial charge in [-0.15, -0.1) is 0 Å². The number of hydrogen-bond acceptors (Lipinski definition) is 5. The lowest BCUT2D eigenvalue weighted by Crippen LogP contribution is -2.42. The van der Waals surface area contributed by atoms with Crippen LogP contribution in [0.4, 0.5) is 5.82 Å². The van der Waals surface area contributed by atoms with Gasteiger partial charge in [0.1, 0.15) is 10.7 Å². The minimum Gasteiger partial charge on any atom is -0.373 e. The molecule has 0 aliphatic heterocycles. The summed E-state index contributed by atoms with van der Waals surface area (Å²) in [6, 6.07) is 1.93. The summed E-state index contributed by atoms with van der Waals surface area (Å²) in [5.41, 5.74) is 4.98. The van der Waals surface area contributed by atoms with Crippen LogP contribution in [0, 0.1) is 0 Å². The molecule has 1 rings (SSSR count). The van der Waals surface area contributed by atoms with Crippen molar-refractivity contribution in [2.45, 2.75) is 17.9 Å². The van der Waals surface area contributed by atoms with Crippen molar-refractivity contribution in [3.05, 3.63) is 18.3 Å². The van der Waals surface area contributed by atoms with Crippen LogP contribution < -0.4 is 15.8 Å². The van der Waals surface area contributed by atoms with Gasteiger partial charge in [-0.2, -0.15) is 4.72 Å². The molecule has 1 aromatic heterocycles. The van der Waals surface area contributed by atoms with E-state index >= 15 is 0 Å². The van der Waals surface area contributed by atoms with Crippen molar-refractivity contribution in [3.8, 4) is 0 Å². The highest BCUT2D eigenvalue weighted by molar-refractivity contribution is 7.89. The van der Waals surface area contributed by atoms with Crippen LogP contribution in [0.1, 0.15) is 6.92 Å². The molecule has 1 atom stereocenters. The Balaban J connectivity index is 2.93.